The molecule has 2 unspecified atom stereocenters. The lowest BCUT2D eigenvalue weighted by Crippen LogP contribution is -2.22. The predicted molar refractivity (Wildman–Crippen MR) is 65.1 cm³/mol. The van der Waals surface area contributed by atoms with Gasteiger partial charge >= 0.3 is 0 Å². The van der Waals surface area contributed by atoms with Crippen LogP contribution in [-0.2, 0) is 0 Å². The first kappa shape index (κ1) is 11.1. The Kier molecular flexibility index (Phi) is 2.96. The molecule has 0 amide bonds. The van der Waals surface area contributed by atoms with Crippen molar-refractivity contribution in [2.24, 2.45) is 17.7 Å². The maximum absolute atomic E-state index is 5.38. The second kappa shape index (κ2) is 4.25. The number of nitrogens with zero attached hydrogens (tertiary/aromatic N) is 3. The molecule has 2 atom stereocenters. The quantitative estimate of drug-likeness (QED) is 0.579. The van der Waals surface area contributed by atoms with Crippen molar-refractivity contribution >= 4 is 11.6 Å². The third kappa shape index (κ3) is 2.09. The summed E-state index contributed by atoms with van der Waals surface area (Å²) in [6, 6.07) is 1.90. The summed E-state index contributed by atoms with van der Waals surface area (Å²) in [5.41, 5.74) is 2.58. The fourth-order valence-corrected chi connectivity index (χ4v) is 2.10. The van der Waals surface area contributed by atoms with E-state index in [0.29, 0.717) is 17.7 Å². The number of anilines is 2. The number of hydrogen-bond acceptors (Lipinski definition) is 5. The highest BCUT2D eigenvalue weighted by Crippen LogP contribution is 2.27. The van der Waals surface area contributed by atoms with Crippen LogP contribution >= 0.6 is 0 Å². The molecule has 0 saturated carbocycles. The molecule has 1 aliphatic rings. The third-order valence-corrected chi connectivity index (χ3v) is 3.28. The molecule has 5 nitrogen and oxygen atoms in total. The van der Waals surface area contributed by atoms with Gasteiger partial charge in [-0.1, -0.05) is 13.8 Å². The Hall–Kier alpha value is -1.36. The molecule has 0 spiro atoms. The summed E-state index contributed by atoms with van der Waals surface area (Å²) >= 11 is 0. The van der Waals surface area contributed by atoms with Gasteiger partial charge in [-0.25, -0.2) is 15.8 Å². The van der Waals surface area contributed by atoms with Gasteiger partial charge in [-0.2, -0.15) is 0 Å². The average molecular weight is 221 g/mol. The lowest BCUT2D eigenvalue weighted by atomic mass is 10.0. The standard InChI is InChI=1S/C11H19N5/c1-7-5-16(6-8(7)2)11-4-10(15-12)13-9(3)14-11/h4,7-8H,5-6,12H2,1-3H3,(H,13,14,15). The first-order chi connectivity index (χ1) is 7.60. The van der Waals surface area contributed by atoms with Crippen molar-refractivity contribution in [1.82, 2.24) is 9.97 Å². The molecule has 0 bridgehead atoms. The van der Waals surface area contributed by atoms with Crippen LogP contribution in [0.5, 0.6) is 0 Å². The van der Waals surface area contributed by atoms with E-state index in [2.05, 4.69) is 34.1 Å². The predicted octanol–water partition coefficient (Wildman–Crippen LogP) is 1.16. The zero-order valence-electron chi connectivity index (χ0n) is 10.1. The van der Waals surface area contributed by atoms with E-state index >= 15 is 0 Å². The van der Waals surface area contributed by atoms with Crippen LogP contribution in [0.15, 0.2) is 6.07 Å². The lowest BCUT2D eigenvalue weighted by Gasteiger charge is -2.18. The van der Waals surface area contributed by atoms with E-state index in [0.717, 1.165) is 24.7 Å². The van der Waals surface area contributed by atoms with Crippen LogP contribution in [0.2, 0.25) is 0 Å². The monoisotopic (exact) mass is 221 g/mol. The second-order valence-corrected chi connectivity index (χ2v) is 4.66. The number of aryl methyl sites for hydroxylation is 1. The second-order valence-electron chi connectivity index (χ2n) is 4.66. The molecule has 16 heavy (non-hydrogen) atoms. The fourth-order valence-electron chi connectivity index (χ4n) is 2.10. The van der Waals surface area contributed by atoms with E-state index in [-0.39, 0.29) is 0 Å². The Morgan fingerprint density at radius 3 is 2.50 bits per heavy atom. The normalized spacial score (nSPS) is 24.9. The maximum atomic E-state index is 5.38. The van der Waals surface area contributed by atoms with Crippen molar-refractivity contribution in [1.29, 1.82) is 0 Å². The average Bonchev–Trinajstić information content (AvgIpc) is 2.58. The number of rotatable bonds is 2. The molecule has 88 valence electrons. The molecule has 1 aromatic heterocycles. The highest BCUT2D eigenvalue weighted by Gasteiger charge is 2.27. The summed E-state index contributed by atoms with van der Waals surface area (Å²) in [7, 11) is 0. The molecule has 1 aliphatic heterocycles. The van der Waals surface area contributed by atoms with Crippen LogP contribution in [-0.4, -0.2) is 23.1 Å². The fraction of sp³-hybridized carbons (Fsp3) is 0.636. The number of nitrogens with two attached hydrogens (primary N) is 1. The van der Waals surface area contributed by atoms with E-state index in [1.54, 1.807) is 0 Å². The van der Waals surface area contributed by atoms with Crippen LogP contribution in [0.25, 0.3) is 0 Å². The van der Waals surface area contributed by atoms with Crippen molar-refractivity contribution in [3.8, 4) is 0 Å². The van der Waals surface area contributed by atoms with Crippen LogP contribution in [0.4, 0.5) is 11.6 Å². The van der Waals surface area contributed by atoms with Gasteiger partial charge in [-0.05, 0) is 18.8 Å². The highest BCUT2D eigenvalue weighted by molar-refractivity contribution is 5.49. The Bertz CT molecular complexity index is 369. The number of nitrogens with one attached hydrogen (secondary N) is 1. The molecule has 1 saturated heterocycles. The summed E-state index contributed by atoms with van der Waals surface area (Å²) in [6.07, 6.45) is 0. The highest BCUT2D eigenvalue weighted by atomic mass is 15.3. The maximum Gasteiger partial charge on any atom is 0.145 e. The molecule has 5 heteroatoms. The molecule has 1 aromatic rings. The molecule has 0 aliphatic carbocycles. The van der Waals surface area contributed by atoms with Crippen molar-refractivity contribution < 1.29 is 0 Å². The Morgan fingerprint density at radius 2 is 1.94 bits per heavy atom. The van der Waals surface area contributed by atoms with Gasteiger partial charge in [-0.15, -0.1) is 0 Å². The van der Waals surface area contributed by atoms with Crippen LogP contribution in [0, 0.1) is 18.8 Å². The summed E-state index contributed by atoms with van der Waals surface area (Å²) in [4.78, 5) is 10.9. The van der Waals surface area contributed by atoms with Crippen molar-refractivity contribution in [2.75, 3.05) is 23.4 Å². The minimum Gasteiger partial charge on any atom is -0.356 e. The Morgan fingerprint density at radius 1 is 1.31 bits per heavy atom. The van der Waals surface area contributed by atoms with E-state index in [4.69, 9.17) is 5.84 Å². The van der Waals surface area contributed by atoms with Gasteiger partial charge in [0.25, 0.3) is 0 Å². The van der Waals surface area contributed by atoms with Crippen molar-refractivity contribution in [3.63, 3.8) is 0 Å². The molecule has 3 N–H and O–H groups in total. The first-order valence-electron chi connectivity index (χ1n) is 5.67. The van der Waals surface area contributed by atoms with Gasteiger partial charge in [0.1, 0.15) is 17.5 Å². The summed E-state index contributed by atoms with van der Waals surface area (Å²) in [5.74, 6) is 9.20. The van der Waals surface area contributed by atoms with Gasteiger partial charge < -0.3 is 10.3 Å². The number of hydrazine groups is 1. The zero-order chi connectivity index (χ0) is 11.7. The van der Waals surface area contributed by atoms with Gasteiger partial charge in [0.15, 0.2) is 0 Å². The minimum absolute atomic E-state index is 0.676. The van der Waals surface area contributed by atoms with E-state index < -0.39 is 0 Å². The smallest absolute Gasteiger partial charge is 0.145 e. The van der Waals surface area contributed by atoms with Crippen LogP contribution < -0.4 is 16.2 Å². The molecule has 0 radical (unpaired) electrons. The molecule has 2 heterocycles. The Balaban J connectivity index is 2.24. The van der Waals surface area contributed by atoms with Crippen molar-refractivity contribution in [2.45, 2.75) is 20.8 Å². The van der Waals surface area contributed by atoms with E-state index in [9.17, 15) is 0 Å². The summed E-state index contributed by atoms with van der Waals surface area (Å²) < 4.78 is 0. The molecular weight excluding hydrogens is 202 g/mol. The number of nitrogen functional groups attached to an aromatic ring is 1. The van der Waals surface area contributed by atoms with Crippen LogP contribution in [0.3, 0.4) is 0 Å². The minimum atomic E-state index is 0.676. The number of hydrogen-bond donors (Lipinski definition) is 2. The summed E-state index contributed by atoms with van der Waals surface area (Å²) in [6.45, 7) is 8.55. The SMILES string of the molecule is Cc1nc(NN)cc(N2CC(C)C(C)C2)n1. The molecule has 0 aromatic carbocycles. The van der Waals surface area contributed by atoms with Gasteiger partial charge in [0, 0.05) is 19.2 Å². The topological polar surface area (TPSA) is 67.1 Å². The lowest BCUT2D eigenvalue weighted by molar-refractivity contribution is 0.494. The third-order valence-electron chi connectivity index (χ3n) is 3.28. The van der Waals surface area contributed by atoms with Gasteiger partial charge in [0.2, 0.25) is 0 Å². The first-order valence-corrected chi connectivity index (χ1v) is 5.67. The summed E-state index contributed by atoms with van der Waals surface area (Å²) in [5, 5.41) is 0. The molecule has 1 fully saturated rings. The number of aromatic nitrogens is 2. The zero-order valence-corrected chi connectivity index (χ0v) is 10.1. The van der Waals surface area contributed by atoms with Crippen LogP contribution in [0.1, 0.15) is 19.7 Å². The molecular formula is C11H19N5. The van der Waals surface area contributed by atoms with E-state index in [1.165, 1.54) is 0 Å². The van der Waals surface area contributed by atoms with Gasteiger partial charge in [0.05, 0.1) is 0 Å². The van der Waals surface area contributed by atoms with Crippen molar-refractivity contribution in [3.05, 3.63) is 11.9 Å². The van der Waals surface area contributed by atoms with E-state index in [1.807, 2.05) is 13.0 Å². The Labute approximate surface area is 96.0 Å². The largest absolute Gasteiger partial charge is 0.356 e. The van der Waals surface area contributed by atoms with Gasteiger partial charge in [-0.3, -0.25) is 0 Å². The molecule has 2 rings (SSSR count).